The summed E-state index contributed by atoms with van der Waals surface area (Å²) in [5.41, 5.74) is 9.33. The van der Waals surface area contributed by atoms with E-state index >= 15 is 0 Å². The highest BCUT2D eigenvalue weighted by Crippen LogP contribution is 2.27. The molecule has 120 valence electrons. The molecule has 0 fully saturated rings. The summed E-state index contributed by atoms with van der Waals surface area (Å²) in [6.07, 6.45) is 0. The molecule has 0 aliphatic carbocycles. The van der Waals surface area contributed by atoms with Crippen LogP contribution in [0.15, 0.2) is 60.3 Å². The lowest BCUT2D eigenvalue weighted by molar-refractivity contribution is 0.310. The summed E-state index contributed by atoms with van der Waals surface area (Å²) in [4.78, 5) is 1.14. The first-order valence-corrected chi connectivity index (χ1v) is 8.10. The van der Waals surface area contributed by atoms with Gasteiger partial charge in [-0.15, -0.1) is 11.3 Å². The second-order valence-electron chi connectivity index (χ2n) is 5.11. The Morgan fingerprint density at radius 1 is 1.17 bits per heavy atom. The second kappa shape index (κ2) is 7.04. The normalized spacial score (nSPS) is 11.7. The number of ether oxygens (including phenoxy) is 1. The number of hydrogen-bond donors (Lipinski definition) is 3. The average molecular weight is 336 g/mol. The van der Waals surface area contributed by atoms with Crippen molar-refractivity contribution in [2.24, 2.45) is 11.6 Å². The number of nitriles is 1. The van der Waals surface area contributed by atoms with Crippen LogP contribution in [0, 0.1) is 11.3 Å². The number of nitrogens with one attached hydrogen (secondary N) is 1. The highest BCUT2D eigenvalue weighted by atomic mass is 32.1. The number of hydrogen-bond acceptors (Lipinski definition) is 6. The van der Waals surface area contributed by atoms with Gasteiger partial charge in [-0.1, -0.05) is 30.3 Å². The molecular formula is C18H16N4OS. The maximum absolute atomic E-state index is 8.99. The molecule has 1 heterocycles. The van der Waals surface area contributed by atoms with E-state index in [1.54, 1.807) is 23.5 Å². The van der Waals surface area contributed by atoms with E-state index in [1.165, 1.54) is 10.1 Å². The van der Waals surface area contributed by atoms with E-state index in [9.17, 15) is 0 Å². The highest BCUT2D eigenvalue weighted by molar-refractivity contribution is 7.19. The summed E-state index contributed by atoms with van der Waals surface area (Å²) in [6, 6.07) is 19.6. The molecule has 0 spiro atoms. The standard InChI is InChI=1S/C18H16N4OS/c19-10-16(22-21)18(20)13-5-3-6-14(8-13)23-11-15-9-12-4-1-2-7-17(12)24-15/h1-9,22H,11,20-21H2/b18-16-. The van der Waals surface area contributed by atoms with E-state index in [2.05, 4.69) is 23.6 Å². The van der Waals surface area contributed by atoms with Gasteiger partial charge in [-0.2, -0.15) is 5.26 Å². The van der Waals surface area contributed by atoms with Crippen molar-refractivity contribution in [2.75, 3.05) is 0 Å². The maximum atomic E-state index is 8.99. The summed E-state index contributed by atoms with van der Waals surface area (Å²) >= 11 is 1.71. The Morgan fingerprint density at radius 2 is 2.00 bits per heavy atom. The van der Waals surface area contributed by atoms with Crippen LogP contribution in [0.3, 0.4) is 0 Å². The number of benzene rings is 2. The molecule has 0 saturated heterocycles. The van der Waals surface area contributed by atoms with E-state index in [0.717, 1.165) is 4.88 Å². The fourth-order valence-corrected chi connectivity index (χ4v) is 3.31. The number of hydrazine groups is 1. The van der Waals surface area contributed by atoms with E-state index in [-0.39, 0.29) is 11.4 Å². The molecule has 2 aromatic carbocycles. The summed E-state index contributed by atoms with van der Waals surface area (Å²) in [6.45, 7) is 0.479. The molecule has 0 atom stereocenters. The van der Waals surface area contributed by atoms with E-state index in [4.69, 9.17) is 21.6 Å². The van der Waals surface area contributed by atoms with Gasteiger partial charge < -0.3 is 15.9 Å². The molecule has 0 aliphatic rings. The van der Waals surface area contributed by atoms with Crippen LogP contribution in [0.1, 0.15) is 10.4 Å². The molecule has 0 amide bonds. The third-order valence-corrected chi connectivity index (χ3v) is 4.62. The summed E-state index contributed by atoms with van der Waals surface area (Å²) in [7, 11) is 0. The van der Waals surface area contributed by atoms with Gasteiger partial charge in [0.1, 0.15) is 18.4 Å². The lowest BCUT2D eigenvalue weighted by Gasteiger charge is -2.09. The molecule has 5 N–H and O–H groups in total. The first-order chi connectivity index (χ1) is 11.7. The van der Waals surface area contributed by atoms with E-state index < -0.39 is 0 Å². The Hall–Kier alpha value is -3.01. The van der Waals surface area contributed by atoms with Crippen LogP contribution in [0.4, 0.5) is 0 Å². The molecule has 0 saturated carbocycles. The van der Waals surface area contributed by atoms with Crippen molar-refractivity contribution >= 4 is 27.1 Å². The van der Waals surface area contributed by atoms with Crippen molar-refractivity contribution in [2.45, 2.75) is 6.61 Å². The minimum atomic E-state index is 0.122. The minimum Gasteiger partial charge on any atom is -0.488 e. The summed E-state index contributed by atoms with van der Waals surface area (Å²) in [5.74, 6) is 5.97. The van der Waals surface area contributed by atoms with Crippen molar-refractivity contribution in [3.8, 4) is 11.8 Å². The van der Waals surface area contributed by atoms with Gasteiger partial charge in [0.15, 0.2) is 5.70 Å². The zero-order chi connectivity index (χ0) is 16.9. The SMILES string of the molecule is N#C/C(NN)=C(/N)c1cccc(OCc2cc3ccccc3s2)c1. The van der Waals surface area contributed by atoms with Gasteiger partial charge in [-0.25, -0.2) is 5.84 Å². The highest BCUT2D eigenvalue weighted by Gasteiger charge is 2.07. The van der Waals surface area contributed by atoms with Crippen molar-refractivity contribution in [3.05, 3.63) is 70.7 Å². The molecule has 5 nitrogen and oxygen atoms in total. The first kappa shape index (κ1) is 15.9. The lowest BCUT2D eigenvalue weighted by atomic mass is 10.1. The Balaban J connectivity index is 1.77. The smallest absolute Gasteiger partial charge is 0.151 e. The van der Waals surface area contributed by atoms with E-state index in [1.807, 2.05) is 30.3 Å². The molecule has 0 aliphatic heterocycles. The van der Waals surface area contributed by atoms with Crippen LogP contribution in [0.5, 0.6) is 5.75 Å². The second-order valence-corrected chi connectivity index (χ2v) is 6.28. The predicted molar refractivity (Wildman–Crippen MR) is 96.6 cm³/mol. The van der Waals surface area contributed by atoms with Gasteiger partial charge in [0.05, 0.1) is 5.70 Å². The quantitative estimate of drug-likeness (QED) is 0.378. The van der Waals surface area contributed by atoms with Crippen LogP contribution in [-0.4, -0.2) is 0 Å². The van der Waals surface area contributed by atoms with Gasteiger partial charge in [-0.3, -0.25) is 0 Å². The predicted octanol–water partition coefficient (Wildman–Crippen LogP) is 3.09. The molecule has 0 radical (unpaired) electrons. The Bertz CT molecular complexity index is 906. The van der Waals surface area contributed by atoms with Crippen LogP contribution < -0.4 is 21.7 Å². The fraction of sp³-hybridized carbons (Fsp3) is 0.0556. The third-order valence-electron chi connectivity index (χ3n) is 3.53. The molecule has 0 unspecified atom stereocenters. The van der Waals surface area contributed by atoms with Gasteiger partial charge in [0, 0.05) is 15.1 Å². The van der Waals surface area contributed by atoms with Gasteiger partial charge in [0.2, 0.25) is 0 Å². The van der Waals surface area contributed by atoms with Crippen LogP contribution in [-0.2, 0) is 6.61 Å². The van der Waals surface area contributed by atoms with Crippen molar-refractivity contribution in [1.29, 1.82) is 5.26 Å². The van der Waals surface area contributed by atoms with Crippen LogP contribution in [0.2, 0.25) is 0 Å². The molecule has 1 aromatic heterocycles. The van der Waals surface area contributed by atoms with E-state index in [0.29, 0.717) is 17.9 Å². The molecule has 24 heavy (non-hydrogen) atoms. The number of allylic oxidation sites excluding steroid dienone is 1. The monoisotopic (exact) mass is 336 g/mol. The Labute approximate surface area is 143 Å². The Morgan fingerprint density at radius 3 is 2.75 bits per heavy atom. The summed E-state index contributed by atoms with van der Waals surface area (Å²) in [5, 5.41) is 10.2. The van der Waals surface area contributed by atoms with Gasteiger partial charge >= 0.3 is 0 Å². The van der Waals surface area contributed by atoms with Gasteiger partial charge in [0.25, 0.3) is 0 Å². The molecular weight excluding hydrogens is 320 g/mol. The largest absolute Gasteiger partial charge is 0.488 e. The van der Waals surface area contributed by atoms with Crippen LogP contribution >= 0.6 is 11.3 Å². The minimum absolute atomic E-state index is 0.122. The number of nitrogens with two attached hydrogens (primary N) is 2. The third kappa shape index (κ3) is 3.33. The number of fused-ring (bicyclic) bond motifs is 1. The van der Waals surface area contributed by atoms with Crippen LogP contribution in [0.25, 0.3) is 15.8 Å². The van der Waals surface area contributed by atoms with Crippen molar-refractivity contribution < 1.29 is 4.74 Å². The lowest BCUT2D eigenvalue weighted by Crippen LogP contribution is -2.23. The van der Waals surface area contributed by atoms with Crippen molar-refractivity contribution in [1.82, 2.24) is 5.43 Å². The summed E-state index contributed by atoms with van der Waals surface area (Å²) < 4.78 is 7.10. The van der Waals surface area contributed by atoms with Gasteiger partial charge in [-0.05, 0) is 29.7 Å². The Kier molecular flexibility index (Phi) is 4.66. The number of rotatable bonds is 5. The molecule has 0 bridgehead atoms. The molecule has 3 aromatic rings. The number of thiophene rings is 1. The maximum Gasteiger partial charge on any atom is 0.151 e. The zero-order valence-electron chi connectivity index (χ0n) is 12.8. The topological polar surface area (TPSA) is 97.1 Å². The fourth-order valence-electron chi connectivity index (χ4n) is 2.33. The first-order valence-electron chi connectivity index (χ1n) is 7.28. The average Bonchev–Trinajstić information content (AvgIpc) is 3.04. The molecule has 6 heteroatoms. The molecule has 3 rings (SSSR count). The van der Waals surface area contributed by atoms with Crippen molar-refractivity contribution in [3.63, 3.8) is 0 Å². The zero-order valence-corrected chi connectivity index (χ0v) is 13.6. The number of nitrogens with zero attached hydrogens (tertiary/aromatic N) is 1.